The number of nitrogens with zero attached hydrogens (tertiary/aromatic N) is 2. The SMILES string of the molecule is COc1cccc(S(=O)(=O)Nc2cccc(-c3n[nH]cc3-c3ccncc3)c2)c1. The predicted molar refractivity (Wildman–Crippen MR) is 111 cm³/mol. The average molecular weight is 406 g/mol. The van der Waals surface area contributed by atoms with Crippen LogP contribution in [-0.2, 0) is 10.0 Å². The summed E-state index contributed by atoms with van der Waals surface area (Å²) >= 11 is 0. The number of methoxy groups -OCH3 is 1. The van der Waals surface area contributed by atoms with Crippen molar-refractivity contribution in [2.45, 2.75) is 4.90 Å². The number of anilines is 1. The third-order valence-electron chi connectivity index (χ3n) is 4.37. The highest BCUT2D eigenvalue weighted by molar-refractivity contribution is 7.92. The van der Waals surface area contributed by atoms with Gasteiger partial charge in [0.1, 0.15) is 5.75 Å². The fourth-order valence-corrected chi connectivity index (χ4v) is 4.06. The molecule has 2 aromatic heterocycles. The standard InChI is InChI=1S/C21H18N4O3S/c1-28-18-6-3-7-19(13-18)29(26,27)25-17-5-2-4-16(12-17)21-20(14-23-24-21)15-8-10-22-11-9-15/h2-14,25H,1H3,(H,23,24). The number of H-pyrrole nitrogens is 1. The minimum absolute atomic E-state index is 0.125. The zero-order valence-electron chi connectivity index (χ0n) is 15.5. The molecule has 0 saturated carbocycles. The van der Waals surface area contributed by atoms with Crippen LogP contribution in [0.2, 0.25) is 0 Å². The van der Waals surface area contributed by atoms with Crippen LogP contribution in [-0.4, -0.2) is 30.7 Å². The second kappa shape index (κ2) is 7.76. The van der Waals surface area contributed by atoms with Crippen molar-refractivity contribution < 1.29 is 13.2 Å². The number of hydrogen-bond acceptors (Lipinski definition) is 5. The van der Waals surface area contributed by atoms with Crippen LogP contribution in [0.5, 0.6) is 5.75 Å². The molecule has 2 aromatic carbocycles. The summed E-state index contributed by atoms with van der Waals surface area (Å²) < 4.78 is 33.3. The molecule has 0 spiro atoms. The van der Waals surface area contributed by atoms with Crippen molar-refractivity contribution in [1.29, 1.82) is 0 Å². The Balaban J connectivity index is 1.66. The van der Waals surface area contributed by atoms with E-state index in [1.807, 2.05) is 18.2 Å². The number of hydrogen-bond donors (Lipinski definition) is 2. The van der Waals surface area contributed by atoms with Crippen LogP contribution in [0.15, 0.2) is 84.1 Å². The van der Waals surface area contributed by atoms with E-state index in [1.54, 1.807) is 48.9 Å². The van der Waals surface area contributed by atoms with E-state index >= 15 is 0 Å². The Labute approximate surface area is 168 Å². The van der Waals surface area contributed by atoms with Crippen molar-refractivity contribution in [2.75, 3.05) is 11.8 Å². The molecule has 8 heteroatoms. The van der Waals surface area contributed by atoms with Crippen molar-refractivity contribution >= 4 is 15.7 Å². The Kier molecular flexibility index (Phi) is 5.01. The molecule has 0 aliphatic carbocycles. The Morgan fingerprint density at radius 3 is 2.55 bits per heavy atom. The first-order valence-corrected chi connectivity index (χ1v) is 10.3. The number of rotatable bonds is 6. The molecule has 0 aliphatic rings. The van der Waals surface area contributed by atoms with Crippen LogP contribution in [0.3, 0.4) is 0 Å². The molecule has 0 fully saturated rings. The number of aromatic nitrogens is 3. The normalized spacial score (nSPS) is 11.2. The maximum Gasteiger partial charge on any atom is 0.262 e. The van der Waals surface area contributed by atoms with Crippen LogP contribution in [0.1, 0.15) is 0 Å². The van der Waals surface area contributed by atoms with E-state index in [1.165, 1.54) is 19.2 Å². The van der Waals surface area contributed by atoms with Crippen LogP contribution in [0.4, 0.5) is 5.69 Å². The van der Waals surface area contributed by atoms with Crippen LogP contribution < -0.4 is 9.46 Å². The van der Waals surface area contributed by atoms with Gasteiger partial charge in [0, 0.05) is 41.5 Å². The molecule has 2 heterocycles. The summed E-state index contributed by atoms with van der Waals surface area (Å²) in [6.45, 7) is 0. The molecule has 0 atom stereocenters. The number of sulfonamides is 1. The van der Waals surface area contributed by atoms with Crippen molar-refractivity contribution in [3.63, 3.8) is 0 Å². The zero-order valence-corrected chi connectivity index (χ0v) is 16.3. The van der Waals surface area contributed by atoms with Crippen molar-refractivity contribution in [1.82, 2.24) is 15.2 Å². The lowest BCUT2D eigenvalue weighted by atomic mass is 10.0. The second-order valence-corrected chi connectivity index (χ2v) is 7.93. The lowest BCUT2D eigenvalue weighted by Gasteiger charge is -2.10. The third-order valence-corrected chi connectivity index (χ3v) is 5.75. The minimum atomic E-state index is -3.76. The van der Waals surface area contributed by atoms with E-state index in [2.05, 4.69) is 19.9 Å². The van der Waals surface area contributed by atoms with Gasteiger partial charge in [-0.1, -0.05) is 18.2 Å². The first-order chi connectivity index (χ1) is 14.1. The van der Waals surface area contributed by atoms with Crippen LogP contribution in [0.25, 0.3) is 22.4 Å². The molecule has 0 aliphatic heterocycles. The van der Waals surface area contributed by atoms with Gasteiger partial charge in [0.2, 0.25) is 0 Å². The monoisotopic (exact) mass is 406 g/mol. The molecule has 146 valence electrons. The van der Waals surface area contributed by atoms with Gasteiger partial charge in [-0.15, -0.1) is 0 Å². The molecule has 2 N–H and O–H groups in total. The summed E-state index contributed by atoms with van der Waals surface area (Å²) in [5.41, 5.74) is 3.81. The lowest BCUT2D eigenvalue weighted by molar-refractivity contribution is 0.413. The first-order valence-electron chi connectivity index (χ1n) is 8.78. The fourth-order valence-electron chi connectivity index (χ4n) is 2.97. The van der Waals surface area contributed by atoms with Gasteiger partial charge >= 0.3 is 0 Å². The molecule has 29 heavy (non-hydrogen) atoms. The van der Waals surface area contributed by atoms with Gasteiger partial charge in [0.05, 0.1) is 17.7 Å². The highest BCUT2D eigenvalue weighted by atomic mass is 32.2. The molecule has 0 radical (unpaired) electrons. The highest BCUT2D eigenvalue weighted by Gasteiger charge is 2.16. The van der Waals surface area contributed by atoms with Gasteiger partial charge in [-0.25, -0.2) is 8.42 Å². The van der Waals surface area contributed by atoms with Gasteiger partial charge in [-0.3, -0.25) is 14.8 Å². The summed E-state index contributed by atoms with van der Waals surface area (Å²) in [7, 11) is -2.27. The van der Waals surface area contributed by atoms with Crippen molar-refractivity contribution in [2.24, 2.45) is 0 Å². The molecule has 0 saturated heterocycles. The van der Waals surface area contributed by atoms with Gasteiger partial charge in [-0.05, 0) is 42.0 Å². The fraction of sp³-hybridized carbons (Fsp3) is 0.0476. The Morgan fingerprint density at radius 2 is 1.76 bits per heavy atom. The molecule has 0 amide bonds. The number of benzene rings is 2. The predicted octanol–water partition coefficient (Wildman–Crippen LogP) is 3.95. The van der Waals surface area contributed by atoms with E-state index in [0.717, 1.165) is 22.4 Å². The van der Waals surface area contributed by atoms with Gasteiger partial charge in [-0.2, -0.15) is 5.10 Å². The first kappa shape index (κ1) is 18.7. The third kappa shape index (κ3) is 3.97. The van der Waals surface area contributed by atoms with Crippen LogP contribution >= 0.6 is 0 Å². The molecular formula is C21H18N4O3S. The topological polar surface area (TPSA) is 97.0 Å². The molecular weight excluding hydrogens is 388 g/mol. The highest BCUT2D eigenvalue weighted by Crippen LogP contribution is 2.31. The van der Waals surface area contributed by atoms with Gasteiger partial charge < -0.3 is 4.74 Å². The minimum Gasteiger partial charge on any atom is -0.497 e. The number of aromatic amines is 1. The van der Waals surface area contributed by atoms with E-state index in [-0.39, 0.29) is 4.90 Å². The molecule has 0 bridgehead atoms. The Hall–Kier alpha value is -3.65. The van der Waals surface area contributed by atoms with Gasteiger partial charge in [0.25, 0.3) is 10.0 Å². The summed E-state index contributed by atoms with van der Waals surface area (Å²) in [5, 5.41) is 7.22. The smallest absolute Gasteiger partial charge is 0.262 e. The molecule has 7 nitrogen and oxygen atoms in total. The maximum absolute atomic E-state index is 12.8. The number of nitrogens with one attached hydrogen (secondary N) is 2. The lowest BCUT2D eigenvalue weighted by Crippen LogP contribution is -2.13. The Bertz CT molecular complexity index is 1240. The van der Waals surface area contributed by atoms with Crippen LogP contribution in [0, 0.1) is 0 Å². The zero-order chi connectivity index (χ0) is 20.3. The number of ether oxygens (including phenoxy) is 1. The maximum atomic E-state index is 12.8. The molecule has 0 unspecified atom stereocenters. The largest absolute Gasteiger partial charge is 0.497 e. The number of pyridine rings is 1. The van der Waals surface area contributed by atoms with Crippen molar-refractivity contribution in [3.8, 4) is 28.1 Å². The summed E-state index contributed by atoms with van der Waals surface area (Å²) in [5.74, 6) is 0.472. The average Bonchev–Trinajstić information content (AvgIpc) is 3.24. The summed E-state index contributed by atoms with van der Waals surface area (Å²) in [6, 6.07) is 17.2. The van der Waals surface area contributed by atoms with E-state index in [0.29, 0.717) is 11.4 Å². The van der Waals surface area contributed by atoms with Crippen molar-refractivity contribution in [3.05, 3.63) is 79.3 Å². The second-order valence-electron chi connectivity index (χ2n) is 6.25. The Morgan fingerprint density at radius 1 is 0.966 bits per heavy atom. The van der Waals surface area contributed by atoms with E-state index in [4.69, 9.17) is 4.74 Å². The van der Waals surface area contributed by atoms with E-state index in [9.17, 15) is 8.42 Å². The summed E-state index contributed by atoms with van der Waals surface area (Å²) in [6.07, 6.45) is 5.23. The molecule has 4 rings (SSSR count). The summed E-state index contributed by atoms with van der Waals surface area (Å²) in [4.78, 5) is 4.16. The quantitative estimate of drug-likeness (QED) is 0.505. The molecule has 4 aromatic rings. The van der Waals surface area contributed by atoms with Gasteiger partial charge in [0.15, 0.2) is 0 Å². The van der Waals surface area contributed by atoms with E-state index < -0.39 is 10.0 Å².